The minimum Gasteiger partial charge on any atom is -0.490 e. The molecular weight excluding hydrogens is 418 g/mol. The van der Waals surface area contributed by atoms with Crippen molar-refractivity contribution in [3.05, 3.63) is 27.7 Å². The van der Waals surface area contributed by atoms with E-state index in [1.165, 1.54) is 6.26 Å². The van der Waals surface area contributed by atoms with Gasteiger partial charge in [0.25, 0.3) is 0 Å². The number of nitrogens with zero attached hydrogens (tertiary/aromatic N) is 1. The highest BCUT2D eigenvalue weighted by Crippen LogP contribution is 2.29. The maximum Gasteiger partial charge on any atom is 0.151 e. The number of benzene rings is 1. The number of aliphatic hydroxyl groups excluding tert-OH is 1. The van der Waals surface area contributed by atoms with Crippen LogP contribution in [0.4, 0.5) is 0 Å². The van der Waals surface area contributed by atoms with Gasteiger partial charge in [-0.05, 0) is 54.0 Å². The Hall–Kier alpha value is -0.340. The molecule has 1 aromatic rings. The van der Waals surface area contributed by atoms with Crippen molar-refractivity contribution in [1.82, 2.24) is 4.90 Å². The van der Waals surface area contributed by atoms with E-state index in [2.05, 4.69) is 15.9 Å². The molecule has 1 fully saturated rings. The van der Waals surface area contributed by atoms with Crippen LogP contribution in [0.5, 0.6) is 5.75 Å². The van der Waals surface area contributed by atoms with Crippen LogP contribution in [0, 0.1) is 0 Å². The number of likely N-dealkylation sites (N-methyl/N-ethyl adjacent to an activating group) is 1. The number of halogens is 2. The lowest BCUT2D eigenvalue weighted by Gasteiger charge is -2.30. The lowest BCUT2D eigenvalue weighted by Crippen LogP contribution is -2.45. The molecule has 1 aliphatic carbocycles. The Kier molecular flexibility index (Phi) is 6.96. The fourth-order valence-electron chi connectivity index (χ4n) is 3.21. The first-order valence-corrected chi connectivity index (χ1v) is 11.0. The van der Waals surface area contributed by atoms with Crippen LogP contribution >= 0.6 is 27.5 Å². The van der Waals surface area contributed by atoms with E-state index in [0.29, 0.717) is 23.7 Å². The van der Waals surface area contributed by atoms with Crippen LogP contribution in [0.2, 0.25) is 5.02 Å². The van der Waals surface area contributed by atoms with E-state index in [1.54, 1.807) is 18.2 Å². The number of sulfone groups is 1. The molecule has 0 aliphatic heterocycles. The summed E-state index contributed by atoms with van der Waals surface area (Å²) in [6.07, 6.45) is 3.01. The third-order valence-electron chi connectivity index (χ3n) is 4.36. The van der Waals surface area contributed by atoms with Crippen LogP contribution in [0.1, 0.15) is 19.3 Å². The second-order valence-electron chi connectivity index (χ2n) is 6.35. The molecule has 0 radical (unpaired) electrons. The van der Waals surface area contributed by atoms with E-state index in [9.17, 15) is 13.5 Å². The number of hydrogen-bond acceptors (Lipinski definition) is 5. The van der Waals surface area contributed by atoms with E-state index < -0.39 is 15.9 Å². The van der Waals surface area contributed by atoms with E-state index in [-0.39, 0.29) is 17.9 Å². The Balaban J connectivity index is 1.88. The maximum absolute atomic E-state index is 11.9. The van der Waals surface area contributed by atoms with Gasteiger partial charge in [0.2, 0.25) is 0 Å². The molecule has 1 aliphatic rings. The molecule has 1 saturated carbocycles. The molecule has 0 heterocycles. The monoisotopic (exact) mass is 439 g/mol. The Bertz CT molecular complexity index is 670. The van der Waals surface area contributed by atoms with Gasteiger partial charge in [-0.3, -0.25) is 4.90 Å². The first-order chi connectivity index (χ1) is 11.2. The van der Waals surface area contributed by atoms with Crippen LogP contribution < -0.4 is 4.74 Å². The van der Waals surface area contributed by atoms with Crippen LogP contribution in [-0.4, -0.2) is 62.3 Å². The highest BCUT2D eigenvalue weighted by atomic mass is 79.9. The number of hydrogen-bond donors (Lipinski definition) is 1. The molecule has 0 spiro atoms. The molecule has 1 N–H and O–H groups in total. The molecule has 3 atom stereocenters. The highest BCUT2D eigenvalue weighted by Gasteiger charge is 2.37. The van der Waals surface area contributed by atoms with Gasteiger partial charge in [0.15, 0.2) is 9.84 Å². The molecule has 0 bridgehead atoms. The van der Waals surface area contributed by atoms with Crippen LogP contribution in [0.25, 0.3) is 0 Å². The van der Waals surface area contributed by atoms with Crippen molar-refractivity contribution >= 4 is 37.4 Å². The molecule has 0 saturated heterocycles. The number of ether oxygens (including phenoxy) is 1. The lowest BCUT2D eigenvalue weighted by molar-refractivity contribution is 0.0640. The molecule has 1 aromatic carbocycles. The second kappa shape index (κ2) is 8.36. The van der Waals surface area contributed by atoms with Crippen molar-refractivity contribution in [2.24, 2.45) is 0 Å². The Morgan fingerprint density at radius 3 is 2.79 bits per heavy atom. The summed E-state index contributed by atoms with van der Waals surface area (Å²) in [5.41, 5.74) is 0. The van der Waals surface area contributed by atoms with Crippen molar-refractivity contribution in [2.45, 2.75) is 36.7 Å². The second-order valence-corrected chi connectivity index (χ2v) is 9.90. The quantitative estimate of drug-likeness (QED) is 0.706. The zero-order chi connectivity index (χ0) is 17.9. The molecule has 0 unspecified atom stereocenters. The summed E-state index contributed by atoms with van der Waals surface area (Å²) in [4.78, 5) is 1.93. The summed E-state index contributed by atoms with van der Waals surface area (Å²) < 4.78 is 30.1. The standard InChI is InChI=1S/C16H23BrClNO4S/c1-19(14-4-3-5-16(14)24(2,21)22)9-12(20)10-23-15-7-6-11(18)8-13(15)17/h6-8,12,14,16,20H,3-5,9-10H2,1-2H3/t12-,14+,16+/m0/s1. The third-order valence-corrected chi connectivity index (χ3v) is 6.86. The van der Waals surface area contributed by atoms with E-state index in [0.717, 1.165) is 17.3 Å². The largest absolute Gasteiger partial charge is 0.490 e. The van der Waals surface area contributed by atoms with Crippen molar-refractivity contribution in [3.63, 3.8) is 0 Å². The predicted molar refractivity (Wildman–Crippen MR) is 99.6 cm³/mol. The maximum atomic E-state index is 11.9. The zero-order valence-electron chi connectivity index (χ0n) is 13.8. The first-order valence-electron chi connectivity index (χ1n) is 7.83. The third kappa shape index (κ3) is 5.33. The van der Waals surface area contributed by atoms with Gasteiger partial charge in [-0.15, -0.1) is 0 Å². The number of rotatable bonds is 7. The van der Waals surface area contributed by atoms with Crippen molar-refractivity contribution in [2.75, 3.05) is 26.5 Å². The molecule has 136 valence electrons. The summed E-state index contributed by atoms with van der Waals surface area (Å²) in [5.74, 6) is 0.607. The SMILES string of the molecule is CN(C[C@H](O)COc1ccc(Cl)cc1Br)[C@@H]1CCC[C@H]1S(C)(=O)=O. The Labute approximate surface area is 157 Å². The Morgan fingerprint density at radius 2 is 2.17 bits per heavy atom. The fraction of sp³-hybridized carbons (Fsp3) is 0.625. The highest BCUT2D eigenvalue weighted by molar-refractivity contribution is 9.10. The average Bonchev–Trinajstić information content (AvgIpc) is 2.96. The van der Waals surface area contributed by atoms with Crippen molar-refractivity contribution < 1.29 is 18.3 Å². The topological polar surface area (TPSA) is 66.8 Å². The molecular formula is C16H23BrClNO4S. The predicted octanol–water partition coefficient (Wildman–Crippen LogP) is 2.74. The smallest absolute Gasteiger partial charge is 0.151 e. The molecule has 24 heavy (non-hydrogen) atoms. The summed E-state index contributed by atoms with van der Waals surface area (Å²) in [7, 11) is -1.21. The molecule has 2 rings (SSSR count). The van der Waals surface area contributed by atoms with Crippen LogP contribution in [0.15, 0.2) is 22.7 Å². The summed E-state index contributed by atoms with van der Waals surface area (Å²) in [6, 6.07) is 5.14. The zero-order valence-corrected chi connectivity index (χ0v) is 16.9. The average molecular weight is 441 g/mol. The van der Waals surface area contributed by atoms with Gasteiger partial charge in [0.05, 0.1) is 9.72 Å². The van der Waals surface area contributed by atoms with E-state index >= 15 is 0 Å². The van der Waals surface area contributed by atoms with Crippen LogP contribution in [0.3, 0.4) is 0 Å². The molecule has 5 nitrogen and oxygen atoms in total. The molecule has 8 heteroatoms. The molecule has 0 amide bonds. The fourth-order valence-corrected chi connectivity index (χ4v) is 5.52. The minimum absolute atomic E-state index is 0.0445. The first kappa shape index (κ1) is 20.0. The van der Waals surface area contributed by atoms with Crippen LogP contribution in [-0.2, 0) is 9.84 Å². The normalized spacial score (nSPS) is 22.8. The summed E-state index contributed by atoms with van der Waals surface area (Å²) in [5, 5.41) is 10.5. The van der Waals surface area contributed by atoms with Gasteiger partial charge in [0.1, 0.15) is 18.5 Å². The van der Waals surface area contributed by atoms with Gasteiger partial charge < -0.3 is 9.84 Å². The summed E-state index contributed by atoms with van der Waals surface area (Å²) >= 11 is 9.24. The number of aliphatic hydroxyl groups is 1. The van der Waals surface area contributed by atoms with E-state index in [4.69, 9.17) is 16.3 Å². The minimum atomic E-state index is -3.07. The van der Waals surface area contributed by atoms with Crippen molar-refractivity contribution in [3.8, 4) is 5.75 Å². The van der Waals surface area contributed by atoms with Gasteiger partial charge in [-0.1, -0.05) is 18.0 Å². The summed E-state index contributed by atoms with van der Waals surface area (Å²) in [6.45, 7) is 0.489. The van der Waals surface area contributed by atoms with E-state index in [1.807, 2.05) is 11.9 Å². The van der Waals surface area contributed by atoms with Gasteiger partial charge >= 0.3 is 0 Å². The van der Waals surface area contributed by atoms with Gasteiger partial charge in [-0.25, -0.2) is 8.42 Å². The van der Waals surface area contributed by atoms with Gasteiger partial charge in [0, 0.05) is 23.9 Å². The molecule has 0 aromatic heterocycles. The van der Waals surface area contributed by atoms with Crippen molar-refractivity contribution in [1.29, 1.82) is 0 Å². The lowest BCUT2D eigenvalue weighted by atomic mass is 10.2. The van der Waals surface area contributed by atoms with Gasteiger partial charge in [-0.2, -0.15) is 0 Å². The Morgan fingerprint density at radius 1 is 1.46 bits per heavy atom.